The molecule has 0 radical (unpaired) electrons. The molecule has 2 rings (SSSR count). The van der Waals surface area contributed by atoms with Gasteiger partial charge in [-0.2, -0.15) is 13.2 Å². The van der Waals surface area contributed by atoms with Crippen LogP contribution in [0.1, 0.15) is 25.5 Å². The zero-order valence-corrected chi connectivity index (χ0v) is 11.5. The summed E-state index contributed by atoms with van der Waals surface area (Å²) in [6, 6.07) is 0. The molecule has 1 fully saturated rings. The van der Waals surface area contributed by atoms with Crippen LogP contribution in [0.5, 0.6) is 0 Å². The zero-order chi connectivity index (χ0) is 14.6. The first kappa shape index (κ1) is 15.0. The summed E-state index contributed by atoms with van der Waals surface area (Å²) < 4.78 is 38.2. The Labute approximate surface area is 116 Å². The first-order chi connectivity index (χ1) is 9.49. The Kier molecular flexibility index (Phi) is 4.80. The van der Waals surface area contributed by atoms with E-state index >= 15 is 0 Å². The van der Waals surface area contributed by atoms with Crippen LogP contribution in [-0.2, 0) is 6.54 Å². The molecule has 1 unspecified atom stereocenters. The number of piperidine rings is 1. The van der Waals surface area contributed by atoms with Gasteiger partial charge in [-0.25, -0.2) is 4.98 Å². The molecule has 112 valence electrons. The minimum absolute atomic E-state index is 0.0557. The van der Waals surface area contributed by atoms with Crippen LogP contribution in [0.3, 0.4) is 0 Å². The van der Waals surface area contributed by atoms with E-state index in [-0.39, 0.29) is 13.0 Å². The highest BCUT2D eigenvalue weighted by molar-refractivity contribution is 5.30. The summed E-state index contributed by atoms with van der Waals surface area (Å²) in [5.41, 5.74) is 0.703. The lowest BCUT2D eigenvalue weighted by molar-refractivity contribution is -0.187. The van der Waals surface area contributed by atoms with E-state index in [4.69, 9.17) is 0 Å². The number of halogens is 3. The van der Waals surface area contributed by atoms with Crippen molar-refractivity contribution in [1.29, 1.82) is 0 Å². The molecular weight excluding hydrogens is 269 g/mol. The predicted molar refractivity (Wildman–Crippen MR) is 70.3 cm³/mol. The van der Waals surface area contributed by atoms with Crippen molar-refractivity contribution in [3.8, 4) is 0 Å². The Morgan fingerprint density at radius 2 is 2.15 bits per heavy atom. The maximum absolute atomic E-state index is 12.7. The summed E-state index contributed by atoms with van der Waals surface area (Å²) in [4.78, 5) is 10.2. The second-order valence-corrected chi connectivity index (χ2v) is 5.04. The highest BCUT2D eigenvalue weighted by Crippen LogP contribution is 2.33. The van der Waals surface area contributed by atoms with Gasteiger partial charge in [-0.15, -0.1) is 0 Å². The van der Waals surface area contributed by atoms with Gasteiger partial charge in [-0.1, -0.05) is 0 Å². The molecule has 0 saturated carbocycles. The molecule has 1 aromatic rings. The van der Waals surface area contributed by atoms with Gasteiger partial charge in [0, 0.05) is 19.6 Å². The van der Waals surface area contributed by atoms with Crippen molar-refractivity contribution >= 4 is 5.82 Å². The van der Waals surface area contributed by atoms with E-state index in [1.54, 1.807) is 17.3 Å². The monoisotopic (exact) mass is 288 g/mol. The van der Waals surface area contributed by atoms with Crippen LogP contribution < -0.4 is 5.32 Å². The van der Waals surface area contributed by atoms with Gasteiger partial charge in [0.2, 0.25) is 0 Å². The number of nitrogens with one attached hydrogen (secondary N) is 1. The molecule has 1 N–H and O–H groups in total. The first-order valence-electron chi connectivity index (χ1n) is 6.83. The van der Waals surface area contributed by atoms with Crippen molar-refractivity contribution < 1.29 is 13.2 Å². The van der Waals surface area contributed by atoms with Crippen LogP contribution in [-0.4, -0.2) is 40.7 Å². The molecule has 1 aliphatic rings. The van der Waals surface area contributed by atoms with Crippen LogP contribution in [0, 0.1) is 5.92 Å². The molecule has 0 spiro atoms. The fourth-order valence-electron chi connectivity index (χ4n) is 2.40. The number of likely N-dealkylation sites (tertiary alicyclic amines) is 1. The molecule has 4 nitrogen and oxygen atoms in total. The van der Waals surface area contributed by atoms with Gasteiger partial charge < -0.3 is 5.32 Å². The molecule has 1 saturated heterocycles. The lowest BCUT2D eigenvalue weighted by atomic mass is 9.97. The third-order valence-corrected chi connectivity index (χ3v) is 3.42. The maximum atomic E-state index is 12.7. The SMILES string of the molecule is CCNc1cnc(CN2CCCC(C(F)(F)F)C2)cn1. The molecule has 0 aliphatic carbocycles. The van der Waals surface area contributed by atoms with E-state index in [0.29, 0.717) is 31.0 Å². The van der Waals surface area contributed by atoms with Gasteiger partial charge in [-0.05, 0) is 26.3 Å². The molecule has 1 aliphatic heterocycles. The van der Waals surface area contributed by atoms with Crippen LogP contribution in [0.2, 0.25) is 0 Å². The Morgan fingerprint density at radius 1 is 1.35 bits per heavy atom. The van der Waals surface area contributed by atoms with E-state index in [0.717, 1.165) is 6.54 Å². The average Bonchev–Trinajstić information content (AvgIpc) is 2.41. The largest absolute Gasteiger partial charge is 0.393 e. The molecule has 0 aromatic carbocycles. The zero-order valence-electron chi connectivity index (χ0n) is 11.5. The van der Waals surface area contributed by atoms with Crippen molar-refractivity contribution in [2.24, 2.45) is 5.92 Å². The average molecular weight is 288 g/mol. The quantitative estimate of drug-likeness (QED) is 0.925. The van der Waals surface area contributed by atoms with E-state index in [2.05, 4.69) is 15.3 Å². The summed E-state index contributed by atoms with van der Waals surface area (Å²) >= 11 is 0. The normalized spacial score (nSPS) is 20.9. The van der Waals surface area contributed by atoms with Crippen LogP contribution >= 0.6 is 0 Å². The molecule has 20 heavy (non-hydrogen) atoms. The molecule has 0 amide bonds. The van der Waals surface area contributed by atoms with Gasteiger partial charge in [0.1, 0.15) is 5.82 Å². The Hall–Kier alpha value is -1.37. The lowest BCUT2D eigenvalue weighted by Gasteiger charge is -2.33. The van der Waals surface area contributed by atoms with Crippen molar-refractivity contribution in [3.63, 3.8) is 0 Å². The van der Waals surface area contributed by atoms with E-state index in [1.165, 1.54) is 0 Å². The van der Waals surface area contributed by atoms with E-state index in [1.807, 2.05) is 6.92 Å². The van der Waals surface area contributed by atoms with Gasteiger partial charge in [0.15, 0.2) is 0 Å². The topological polar surface area (TPSA) is 41.1 Å². The Bertz CT molecular complexity index is 419. The molecule has 1 aromatic heterocycles. The second kappa shape index (κ2) is 6.39. The van der Waals surface area contributed by atoms with Crippen LogP contribution in [0.4, 0.5) is 19.0 Å². The standard InChI is InChI=1S/C13H19F3N4/c1-2-17-12-7-18-11(6-19-12)9-20-5-3-4-10(8-20)13(14,15)16/h6-7,10H,2-5,8-9H2,1H3,(H,17,19). The van der Waals surface area contributed by atoms with Crippen molar-refractivity contribution in [1.82, 2.24) is 14.9 Å². The maximum Gasteiger partial charge on any atom is 0.393 e. The number of rotatable bonds is 4. The Balaban J connectivity index is 1.92. The summed E-state index contributed by atoms with van der Waals surface area (Å²) in [6.45, 7) is 3.88. The second-order valence-electron chi connectivity index (χ2n) is 5.04. The van der Waals surface area contributed by atoms with Crippen molar-refractivity contribution in [3.05, 3.63) is 18.1 Å². The third-order valence-electron chi connectivity index (χ3n) is 3.42. The first-order valence-corrected chi connectivity index (χ1v) is 6.83. The molecule has 0 bridgehead atoms. The molecule has 2 heterocycles. The number of nitrogens with zero attached hydrogens (tertiary/aromatic N) is 3. The number of anilines is 1. The molecular formula is C13H19F3N4. The fraction of sp³-hybridized carbons (Fsp3) is 0.692. The lowest BCUT2D eigenvalue weighted by Crippen LogP contribution is -2.41. The third kappa shape index (κ3) is 4.06. The smallest absolute Gasteiger partial charge is 0.369 e. The highest BCUT2D eigenvalue weighted by atomic mass is 19.4. The summed E-state index contributed by atoms with van der Waals surface area (Å²) in [6.07, 6.45) is -0.0589. The minimum atomic E-state index is -4.10. The summed E-state index contributed by atoms with van der Waals surface area (Å²) in [5.74, 6) is -0.534. The summed E-state index contributed by atoms with van der Waals surface area (Å²) in [7, 11) is 0. The highest BCUT2D eigenvalue weighted by Gasteiger charge is 2.41. The summed E-state index contributed by atoms with van der Waals surface area (Å²) in [5, 5.41) is 3.03. The van der Waals surface area contributed by atoms with Gasteiger partial charge in [0.25, 0.3) is 0 Å². The van der Waals surface area contributed by atoms with E-state index in [9.17, 15) is 13.2 Å². The van der Waals surface area contributed by atoms with Crippen LogP contribution in [0.15, 0.2) is 12.4 Å². The van der Waals surface area contributed by atoms with Gasteiger partial charge in [0.05, 0.1) is 24.0 Å². The Morgan fingerprint density at radius 3 is 2.75 bits per heavy atom. The van der Waals surface area contributed by atoms with E-state index < -0.39 is 12.1 Å². The molecule has 7 heteroatoms. The number of alkyl halides is 3. The van der Waals surface area contributed by atoms with Crippen molar-refractivity contribution in [2.75, 3.05) is 25.0 Å². The fourth-order valence-corrected chi connectivity index (χ4v) is 2.40. The number of hydrogen-bond donors (Lipinski definition) is 1. The number of hydrogen-bond acceptors (Lipinski definition) is 4. The molecule has 1 atom stereocenters. The van der Waals surface area contributed by atoms with Gasteiger partial charge in [-0.3, -0.25) is 9.88 Å². The van der Waals surface area contributed by atoms with Crippen LogP contribution in [0.25, 0.3) is 0 Å². The van der Waals surface area contributed by atoms with Crippen molar-refractivity contribution in [2.45, 2.75) is 32.5 Å². The number of aromatic nitrogens is 2. The van der Waals surface area contributed by atoms with Gasteiger partial charge >= 0.3 is 6.18 Å². The minimum Gasteiger partial charge on any atom is -0.369 e. The predicted octanol–water partition coefficient (Wildman–Crippen LogP) is 2.68.